The van der Waals surface area contributed by atoms with Gasteiger partial charge in [-0.05, 0) is 35.4 Å². The fourth-order valence-corrected chi connectivity index (χ4v) is 1.48. The SMILES string of the molecule is CC(C)[C@@H](C)N(C)c1ccc2nnnn2n1. The Bertz CT molecular complexity index is 477. The van der Waals surface area contributed by atoms with Gasteiger partial charge in [0.1, 0.15) is 0 Å². The lowest BCUT2D eigenvalue weighted by Crippen LogP contribution is -2.34. The molecule has 0 fully saturated rings. The summed E-state index contributed by atoms with van der Waals surface area (Å²) in [5.74, 6) is 1.44. The van der Waals surface area contributed by atoms with Crippen LogP contribution in [0.2, 0.25) is 0 Å². The maximum absolute atomic E-state index is 4.35. The fraction of sp³-hybridized carbons (Fsp3) is 0.600. The Kier molecular flexibility index (Phi) is 2.72. The quantitative estimate of drug-likeness (QED) is 0.772. The van der Waals surface area contributed by atoms with Crippen LogP contribution in [0.5, 0.6) is 0 Å². The highest BCUT2D eigenvalue weighted by Crippen LogP contribution is 2.16. The monoisotopic (exact) mass is 220 g/mol. The summed E-state index contributed by atoms with van der Waals surface area (Å²) < 4.78 is 1.44. The van der Waals surface area contributed by atoms with Gasteiger partial charge >= 0.3 is 0 Å². The number of anilines is 1. The molecule has 0 unspecified atom stereocenters. The van der Waals surface area contributed by atoms with Crippen molar-refractivity contribution >= 4 is 11.5 Å². The van der Waals surface area contributed by atoms with E-state index >= 15 is 0 Å². The van der Waals surface area contributed by atoms with Gasteiger partial charge in [0, 0.05) is 13.1 Å². The second kappa shape index (κ2) is 4.03. The third-order valence-corrected chi connectivity index (χ3v) is 2.99. The van der Waals surface area contributed by atoms with Crippen LogP contribution in [-0.4, -0.2) is 38.3 Å². The average molecular weight is 220 g/mol. The number of rotatable bonds is 3. The van der Waals surface area contributed by atoms with E-state index in [0.717, 1.165) is 5.82 Å². The molecule has 6 heteroatoms. The molecule has 0 bridgehead atoms. The standard InChI is InChI=1S/C10H16N6/c1-7(2)8(3)15(4)10-6-5-9-11-13-14-16(9)12-10/h5-8H,1-4H3/t8-/m1/s1. The highest BCUT2D eigenvalue weighted by Gasteiger charge is 2.15. The van der Waals surface area contributed by atoms with Crippen molar-refractivity contribution in [3.63, 3.8) is 0 Å². The molecule has 0 amide bonds. The molecule has 0 spiro atoms. The second-order valence-corrected chi connectivity index (χ2v) is 4.31. The van der Waals surface area contributed by atoms with E-state index in [2.05, 4.69) is 46.3 Å². The van der Waals surface area contributed by atoms with Crippen LogP contribution in [0, 0.1) is 5.92 Å². The summed E-state index contributed by atoms with van der Waals surface area (Å²) in [5.41, 5.74) is 0.661. The number of aromatic nitrogens is 5. The van der Waals surface area contributed by atoms with Crippen molar-refractivity contribution < 1.29 is 0 Å². The highest BCUT2D eigenvalue weighted by atomic mass is 15.6. The third kappa shape index (κ3) is 1.82. The predicted octanol–water partition coefficient (Wildman–Crippen LogP) is 1.000. The van der Waals surface area contributed by atoms with Gasteiger partial charge in [0.25, 0.3) is 0 Å². The number of hydrogen-bond acceptors (Lipinski definition) is 5. The van der Waals surface area contributed by atoms with Gasteiger partial charge in [0.15, 0.2) is 11.5 Å². The molecule has 0 aliphatic carbocycles. The highest BCUT2D eigenvalue weighted by molar-refractivity contribution is 5.44. The zero-order chi connectivity index (χ0) is 11.7. The van der Waals surface area contributed by atoms with Crippen molar-refractivity contribution in [3.8, 4) is 0 Å². The van der Waals surface area contributed by atoms with Crippen LogP contribution < -0.4 is 4.90 Å². The Morgan fingerprint density at radius 1 is 1.25 bits per heavy atom. The van der Waals surface area contributed by atoms with E-state index in [4.69, 9.17) is 0 Å². The van der Waals surface area contributed by atoms with E-state index < -0.39 is 0 Å². The summed E-state index contributed by atoms with van der Waals surface area (Å²) >= 11 is 0. The van der Waals surface area contributed by atoms with Gasteiger partial charge in [0.05, 0.1) is 0 Å². The van der Waals surface area contributed by atoms with E-state index in [1.165, 1.54) is 4.63 Å². The zero-order valence-electron chi connectivity index (χ0n) is 9.99. The van der Waals surface area contributed by atoms with Crippen molar-refractivity contribution in [1.29, 1.82) is 0 Å². The van der Waals surface area contributed by atoms with E-state index in [1.54, 1.807) is 0 Å². The molecule has 2 heterocycles. The lowest BCUT2D eigenvalue weighted by Gasteiger charge is -2.28. The minimum Gasteiger partial charge on any atom is -0.355 e. The Morgan fingerprint density at radius 2 is 2.00 bits per heavy atom. The predicted molar refractivity (Wildman–Crippen MR) is 61.3 cm³/mol. The maximum atomic E-state index is 4.35. The maximum Gasteiger partial charge on any atom is 0.200 e. The first-order valence-corrected chi connectivity index (χ1v) is 5.38. The molecule has 0 N–H and O–H groups in total. The minimum absolute atomic E-state index is 0.418. The molecule has 2 aromatic heterocycles. The first-order chi connectivity index (χ1) is 7.59. The van der Waals surface area contributed by atoms with Crippen LogP contribution in [0.15, 0.2) is 12.1 Å². The number of hydrogen-bond donors (Lipinski definition) is 0. The van der Waals surface area contributed by atoms with E-state index in [9.17, 15) is 0 Å². The van der Waals surface area contributed by atoms with Crippen LogP contribution in [-0.2, 0) is 0 Å². The van der Waals surface area contributed by atoms with E-state index in [1.807, 2.05) is 19.2 Å². The van der Waals surface area contributed by atoms with E-state index in [0.29, 0.717) is 17.6 Å². The van der Waals surface area contributed by atoms with Gasteiger partial charge in [-0.25, -0.2) is 0 Å². The van der Waals surface area contributed by atoms with Gasteiger partial charge in [-0.3, -0.25) is 0 Å². The molecular formula is C10H16N6. The van der Waals surface area contributed by atoms with Crippen molar-refractivity contribution in [2.45, 2.75) is 26.8 Å². The van der Waals surface area contributed by atoms with Crippen molar-refractivity contribution in [2.75, 3.05) is 11.9 Å². The first-order valence-electron chi connectivity index (χ1n) is 5.38. The lowest BCUT2D eigenvalue weighted by molar-refractivity contribution is 0.499. The van der Waals surface area contributed by atoms with Crippen LogP contribution in [0.3, 0.4) is 0 Å². The topological polar surface area (TPSA) is 59.2 Å². The van der Waals surface area contributed by atoms with Crippen molar-refractivity contribution in [1.82, 2.24) is 25.3 Å². The summed E-state index contributed by atoms with van der Waals surface area (Å²) in [6.45, 7) is 6.56. The molecule has 0 aliphatic rings. The molecule has 16 heavy (non-hydrogen) atoms. The van der Waals surface area contributed by atoms with E-state index in [-0.39, 0.29) is 0 Å². The third-order valence-electron chi connectivity index (χ3n) is 2.99. The Hall–Kier alpha value is -1.72. The molecule has 0 radical (unpaired) electrons. The molecule has 0 saturated carbocycles. The normalized spacial score (nSPS) is 13.3. The average Bonchev–Trinajstić information content (AvgIpc) is 2.73. The fourth-order valence-electron chi connectivity index (χ4n) is 1.48. The summed E-state index contributed by atoms with van der Waals surface area (Å²) in [6.07, 6.45) is 0. The van der Waals surface area contributed by atoms with Crippen LogP contribution in [0.1, 0.15) is 20.8 Å². The number of nitrogens with zero attached hydrogens (tertiary/aromatic N) is 6. The first kappa shape index (κ1) is 10.8. The molecular weight excluding hydrogens is 204 g/mol. The molecule has 2 aromatic rings. The smallest absolute Gasteiger partial charge is 0.200 e. The summed E-state index contributed by atoms with van der Waals surface area (Å²) in [7, 11) is 2.03. The second-order valence-electron chi connectivity index (χ2n) is 4.31. The summed E-state index contributed by atoms with van der Waals surface area (Å²) in [5, 5.41) is 15.5. The Morgan fingerprint density at radius 3 is 2.69 bits per heavy atom. The van der Waals surface area contributed by atoms with Gasteiger partial charge in [-0.1, -0.05) is 13.8 Å². The molecule has 2 rings (SSSR count). The number of tetrazole rings is 1. The Balaban J connectivity index is 2.32. The van der Waals surface area contributed by atoms with Gasteiger partial charge in [-0.2, -0.15) is 0 Å². The van der Waals surface area contributed by atoms with Crippen LogP contribution >= 0.6 is 0 Å². The van der Waals surface area contributed by atoms with Gasteiger partial charge in [0.2, 0.25) is 0 Å². The molecule has 0 aromatic carbocycles. The molecule has 6 nitrogen and oxygen atoms in total. The van der Waals surface area contributed by atoms with Gasteiger partial charge in [-0.15, -0.1) is 14.8 Å². The lowest BCUT2D eigenvalue weighted by atomic mass is 10.1. The minimum atomic E-state index is 0.418. The van der Waals surface area contributed by atoms with Crippen LogP contribution in [0.4, 0.5) is 5.82 Å². The molecule has 0 aliphatic heterocycles. The van der Waals surface area contributed by atoms with Gasteiger partial charge < -0.3 is 4.90 Å². The van der Waals surface area contributed by atoms with Crippen LogP contribution in [0.25, 0.3) is 5.65 Å². The summed E-state index contributed by atoms with van der Waals surface area (Å²) in [6, 6.07) is 4.22. The Labute approximate surface area is 94.3 Å². The molecule has 86 valence electrons. The molecule has 0 saturated heterocycles. The van der Waals surface area contributed by atoms with Crippen molar-refractivity contribution in [2.24, 2.45) is 5.92 Å². The largest absolute Gasteiger partial charge is 0.355 e. The summed E-state index contributed by atoms with van der Waals surface area (Å²) in [4.78, 5) is 2.13. The van der Waals surface area contributed by atoms with Crippen molar-refractivity contribution in [3.05, 3.63) is 12.1 Å². The zero-order valence-corrected chi connectivity index (χ0v) is 9.99. The molecule has 1 atom stereocenters. The number of fused-ring (bicyclic) bond motifs is 1.